The van der Waals surface area contributed by atoms with E-state index in [1.54, 1.807) is 6.92 Å². The smallest absolute Gasteiger partial charge is 0.303 e. The number of hydrogen-bond donors (Lipinski definition) is 4. The van der Waals surface area contributed by atoms with Crippen LogP contribution in [0.3, 0.4) is 0 Å². The molecule has 4 N–H and O–H groups in total. The molecule has 14 heteroatoms. The lowest BCUT2D eigenvalue weighted by molar-refractivity contribution is -0.141. The van der Waals surface area contributed by atoms with Gasteiger partial charge in [-0.15, -0.1) is 0 Å². The summed E-state index contributed by atoms with van der Waals surface area (Å²) in [6, 6.07) is -0.844. The molecule has 0 aromatic rings. The van der Waals surface area contributed by atoms with E-state index in [1.807, 2.05) is 19.1 Å². The summed E-state index contributed by atoms with van der Waals surface area (Å²) < 4.78 is 10.6. The number of hydrogen-bond acceptors (Lipinski definition) is 9. The number of amides is 5. The van der Waals surface area contributed by atoms with E-state index >= 15 is 0 Å². The molecule has 2 heterocycles. The highest BCUT2D eigenvalue weighted by Crippen LogP contribution is 2.33. The molecule has 2 aliphatic rings. The second-order valence-electron chi connectivity index (χ2n) is 10.4. The van der Waals surface area contributed by atoms with Crippen LogP contribution in [-0.2, 0) is 37.7 Å². The molecule has 0 aromatic heterocycles. The van der Waals surface area contributed by atoms with Crippen LogP contribution in [0.5, 0.6) is 0 Å². The highest BCUT2D eigenvalue weighted by molar-refractivity contribution is 7.94. The van der Waals surface area contributed by atoms with Crippen molar-refractivity contribution in [2.75, 3.05) is 32.5 Å². The fourth-order valence-electron chi connectivity index (χ4n) is 4.87. The van der Waals surface area contributed by atoms with Gasteiger partial charge in [0.05, 0.1) is 31.2 Å². The number of carboxylic acids is 1. The molecule has 0 radical (unpaired) electrons. The molecule has 0 saturated carbocycles. The van der Waals surface area contributed by atoms with Gasteiger partial charge in [-0.25, -0.2) is 0 Å². The molecule has 1 fully saturated rings. The van der Waals surface area contributed by atoms with E-state index in [1.165, 1.54) is 24.1 Å². The predicted molar refractivity (Wildman–Crippen MR) is 155 cm³/mol. The predicted octanol–water partition coefficient (Wildman–Crippen LogP) is 1.17. The third-order valence-corrected chi connectivity index (χ3v) is 7.73. The number of ether oxygens (including phenoxy) is 1. The first kappa shape index (κ1) is 35.2. The zero-order valence-corrected chi connectivity index (χ0v) is 25.4. The Morgan fingerprint density at radius 1 is 0.976 bits per heavy atom. The third-order valence-electron chi connectivity index (χ3n) is 7.12. The summed E-state index contributed by atoms with van der Waals surface area (Å²) in [5, 5.41) is 17.0. The highest BCUT2D eigenvalue weighted by atomic mass is 32.2. The van der Waals surface area contributed by atoms with Crippen LogP contribution in [0.25, 0.3) is 0 Å². The number of nitrogens with one attached hydrogen (secondary N) is 3. The normalized spacial score (nSPS) is 22.3. The lowest BCUT2D eigenvalue weighted by atomic mass is 9.91. The van der Waals surface area contributed by atoms with Crippen LogP contribution in [0.15, 0.2) is 12.2 Å². The fraction of sp³-hybridized carbons (Fsp3) is 0.714. The number of imide groups is 1. The molecular weight excluding hydrogens is 568 g/mol. The van der Waals surface area contributed by atoms with Crippen LogP contribution in [0, 0.1) is 11.8 Å². The molecule has 236 valence electrons. The second-order valence-corrected chi connectivity index (χ2v) is 11.4. The Balaban J connectivity index is 1.82. The summed E-state index contributed by atoms with van der Waals surface area (Å²) in [7, 11) is 1.54. The first-order valence-electron chi connectivity index (χ1n) is 14.4. The van der Waals surface area contributed by atoms with Gasteiger partial charge in [-0.2, -0.15) is 0 Å². The molecule has 42 heavy (non-hydrogen) atoms. The Morgan fingerprint density at radius 3 is 2.38 bits per heavy atom. The summed E-state index contributed by atoms with van der Waals surface area (Å²) in [4.78, 5) is 75.0. The minimum Gasteiger partial charge on any atom is -0.481 e. The van der Waals surface area contributed by atoms with Gasteiger partial charge in [-0.1, -0.05) is 19.1 Å². The Hall–Kier alpha value is -2.97. The highest BCUT2D eigenvalue weighted by Gasteiger charge is 2.49. The molecule has 5 amide bonds. The van der Waals surface area contributed by atoms with E-state index < -0.39 is 41.8 Å². The number of unbranched alkanes of at least 4 members (excludes halogenated alkanes) is 1. The Bertz CT molecular complexity index is 992. The summed E-state index contributed by atoms with van der Waals surface area (Å²) >= 11 is 1.20. The standard InChI is InChI=1S/C28H44N4O9S/c1-18-11-12-21(41-18)25-19(2)27(38)32(28(25)39)16-7-9-23(34)31-20(26(37)30-15-6-10-24(35)36)8-4-5-14-29-22(33)13-17-42-40-3/h11-12,18-21,25H,4-10,13-17H2,1-3H3,(H,29,33)(H,30,37)(H,31,34)(H,35,36)/t18?,19?,20-,21?,25?/m0/s1. The molecule has 2 aliphatic heterocycles. The lowest BCUT2D eigenvalue weighted by Crippen LogP contribution is -2.47. The summed E-state index contributed by atoms with van der Waals surface area (Å²) in [6.07, 6.45) is 5.32. The van der Waals surface area contributed by atoms with Gasteiger partial charge >= 0.3 is 5.97 Å². The van der Waals surface area contributed by atoms with E-state index in [4.69, 9.17) is 14.0 Å². The van der Waals surface area contributed by atoms with E-state index in [0.29, 0.717) is 38.0 Å². The lowest BCUT2D eigenvalue weighted by Gasteiger charge is -2.20. The van der Waals surface area contributed by atoms with Gasteiger partial charge in [-0.3, -0.25) is 33.7 Å². The number of likely N-dealkylation sites (tertiary alicyclic amines) is 1. The zero-order valence-electron chi connectivity index (χ0n) is 24.6. The minimum atomic E-state index is -0.963. The maximum Gasteiger partial charge on any atom is 0.303 e. The van der Waals surface area contributed by atoms with Crippen molar-refractivity contribution < 1.29 is 42.8 Å². The summed E-state index contributed by atoms with van der Waals surface area (Å²) in [6.45, 7) is 4.25. The van der Waals surface area contributed by atoms with Crippen molar-refractivity contribution in [3.63, 3.8) is 0 Å². The summed E-state index contributed by atoms with van der Waals surface area (Å²) in [5.74, 6) is -3.04. The van der Waals surface area contributed by atoms with E-state index in [9.17, 15) is 28.8 Å². The van der Waals surface area contributed by atoms with Gasteiger partial charge in [0, 0.05) is 44.6 Å². The Labute approximate surface area is 251 Å². The first-order chi connectivity index (χ1) is 20.0. The Kier molecular flexibility index (Phi) is 15.6. The van der Waals surface area contributed by atoms with Crippen LogP contribution in [-0.4, -0.2) is 96.3 Å². The maximum absolute atomic E-state index is 13.0. The van der Waals surface area contributed by atoms with Crippen molar-refractivity contribution in [1.29, 1.82) is 0 Å². The minimum absolute atomic E-state index is 0.00527. The van der Waals surface area contributed by atoms with Crippen LogP contribution in [0.1, 0.15) is 65.2 Å². The zero-order chi connectivity index (χ0) is 31.1. The Morgan fingerprint density at radius 2 is 1.71 bits per heavy atom. The van der Waals surface area contributed by atoms with Crippen LogP contribution in [0.4, 0.5) is 0 Å². The molecule has 5 atom stereocenters. The van der Waals surface area contributed by atoms with E-state index in [0.717, 1.165) is 0 Å². The number of aliphatic carboxylic acids is 1. The van der Waals surface area contributed by atoms with Crippen LogP contribution in [0.2, 0.25) is 0 Å². The van der Waals surface area contributed by atoms with Gasteiger partial charge in [0.1, 0.15) is 6.04 Å². The van der Waals surface area contributed by atoms with Crippen molar-refractivity contribution >= 4 is 47.5 Å². The second kappa shape index (κ2) is 18.5. The average Bonchev–Trinajstić information content (AvgIpc) is 3.45. The molecule has 0 spiro atoms. The summed E-state index contributed by atoms with van der Waals surface area (Å²) in [5.41, 5.74) is 0. The topological polar surface area (TPSA) is 180 Å². The van der Waals surface area contributed by atoms with Gasteiger partial charge in [0.15, 0.2) is 0 Å². The van der Waals surface area contributed by atoms with Gasteiger partial charge < -0.3 is 30.0 Å². The molecule has 0 aromatic carbocycles. The number of carbonyl (C=O) groups excluding carboxylic acids is 5. The number of carbonyl (C=O) groups is 6. The van der Waals surface area contributed by atoms with Gasteiger partial charge in [-0.05, 0) is 51.1 Å². The third kappa shape index (κ3) is 11.7. The molecule has 0 aliphatic carbocycles. The number of nitrogens with zero attached hydrogens (tertiary/aromatic N) is 1. The van der Waals surface area contributed by atoms with Gasteiger partial charge in [0.2, 0.25) is 29.5 Å². The van der Waals surface area contributed by atoms with Gasteiger partial charge in [0.25, 0.3) is 0 Å². The van der Waals surface area contributed by atoms with E-state index in [-0.39, 0.29) is 62.6 Å². The first-order valence-corrected chi connectivity index (χ1v) is 15.4. The van der Waals surface area contributed by atoms with Crippen molar-refractivity contribution in [2.24, 2.45) is 11.8 Å². The van der Waals surface area contributed by atoms with Crippen LogP contribution >= 0.6 is 12.0 Å². The maximum atomic E-state index is 13.0. The fourth-order valence-corrected chi connectivity index (χ4v) is 5.31. The molecule has 13 nitrogen and oxygen atoms in total. The van der Waals surface area contributed by atoms with Crippen molar-refractivity contribution in [3.05, 3.63) is 12.2 Å². The average molecular weight is 613 g/mol. The molecule has 2 rings (SSSR count). The monoisotopic (exact) mass is 612 g/mol. The van der Waals surface area contributed by atoms with Crippen molar-refractivity contribution in [2.45, 2.75) is 83.5 Å². The largest absolute Gasteiger partial charge is 0.481 e. The van der Waals surface area contributed by atoms with E-state index in [2.05, 4.69) is 16.0 Å². The quantitative estimate of drug-likeness (QED) is 0.0674. The molecular formula is C28H44N4O9S. The molecule has 1 saturated heterocycles. The number of rotatable bonds is 20. The molecule has 0 bridgehead atoms. The van der Waals surface area contributed by atoms with Crippen molar-refractivity contribution in [1.82, 2.24) is 20.9 Å². The number of carboxylic acid groups (broad SMARTS) is 1. The van der Waals surface area contributed by atoms with Crippen LogP contribution < -0.4 is 16.0 Å². The SMILES string of the molecule is COSCCC(=O)NCCCC[C@H](NC(=O)CCCN1C(=O)C(C)C(C2C=CC(C)O2)C1=O)C(=O)NCCCC(=O)O. The van der Waals surface area contributed by atoms with Crippen molar-refractivity contribution in [3.8, 4) is 0 Å². The molecule has 4 unspecified atom stereocenters.